The third-order valence-electron chi connectivity index (χ3n) is 6.92. The third-order valence-corrected chi connectivity index (χ3v) is 6.92. The number of aromatic amines is 1. The number of amides is 1. The number of allylic oxidation sites excluding steroid dienone is 2. The van der Waals surface area contributed by atoms with E-state index >= 15 is 0 Å². The number of likely N-dealkylation sites (N-methyl/N-ethyl adjacent to an activating group) is 1. The molecule has 2 aromatic rings. The van der Waals surface area contributed by atoms with Gasteiger partial charge in [0.25, 0.3) is 0 Å². The second-order valence-corrected chi connectivity index (χ2v) is 10.00. The van der Waals surface area contributed by atoms with Crippen LogP contribution in [0.15, 0.2) is 36.5 Å². The molecule has 2 aliphatic rings. The Morgan fingerprint density at radius 3 is 2.39 bits per heavy atom. The number of imidazole rings is 1. The molecule has 7 nitrogen and oxygen atoms in total. The largest absolute Gasteiger partial charge is 0.340 e. The SMILES string of the molecule is CC(C)/C(=C/C(=N)c1ccc(F)cc1)c1ncc(C=O)[nH]1.CN1CCN(C(=O)CCC2CCC2)CC1. The molecular weight excluding hydrogens is 457 g/mol. The van der Waals surface area contributed by atoms with E-state index in [2.05, 4.69) is 21.9 Å². The van der Waals surface area contributed by atoms with Crippen molar-refractivity contribution in [3.8, 4) is 0 Å². The van der Waals surface area contributed by atoms with E-state index in [-0.39, 0.29) is 17.4 Å². The summed E-state index contributed by atoms with van der Waals surface area (Å²) in [6.07, 6.45) is 9.85. The molecule has 0 radical (unpaired) electrons. The zero-order valence-electron chi connectivity index (χ0n) is 21.6. The highest BCUT2D eigenvalue weighted by Gasteiger charge is 2.22. The van der Waals surface area contributed by atoms with Crippen LogP contribution in [0.1, 0.15) is 67.8 Å². The van der Waals surface area contributed by atoms with Crippen molar-refractivity contribution < 1.29 is 14.0 Å². The van der Waals surface area contributed by atoms with Gasteiger partial charge in [-0.3, -0.25) is 9.59 Å². The molecule has 0 bridgehead atoms. The van der Waals surface area contributed by atoms with Crippen molar-refractivity contribution >= 4 is 23.5 Å². The van der Waals surface area contributed by atoms with Gasteiger partial charge in [0.1, 0.15) is 11.6 Å². The van der Waals surface area contributed by atoms with Crippen LogP contribution in [-0.4, -0.2) is 70.9 Å². The normalized spacial score (nSPS) is 16.8. The first-order chi connectivity index (χ1) is 17.3. The van der Waals surface area contributed by atoms with E-state index < -0.39 is 0 Å². The van der Waals surface area contributed by atoms with E-state index in [0.29, 0.717) is 29.3 Å². The number of hydrogen-bond donors (Lipinski definition) is 2. The minimum atomic E-state index is -0.332. The Morgan fingerprint density at radius 1 is 1.19 bits per heavy atom. The number of nitrogens with one attached hydrogen (secondary N) is 2. The highest BCUT2D eigenvalue weighted by molar-refractivity contribution is 6.10. The number of aldehydes is 1. The van der Waals surface area contributed by atoms with Crippen molar-refractivity contribution in [1.29, 1.82) is 5.41 Å². The highest BCUT2D eigenvalue weighted by Crippen LogP contribution is 2.30. The van der Waals surface area contributed by atoms with Crippen molar-refractivity contribution in [3.63, 3.8) is 0 Å². The number of rotatable bonds is 8. The summed E-state index contributed by atoms with van der Waals surface area (Å²) in [5.74, 6) is 1.60. The lowest BCUT2D eigenvalue weighted by Gasteiger charge is -2.33. The molecule has 1 amide bonds. The molecule has 1 aromatic heterocycles. The first kappa shape index (κ1) is 27.5. The molecule has 194 valence electrons. The Balaban J connectivity index is 0.000000212. The van der Waals surface area contributed by atoms with Crippen LogP contribution in [-0.2, 0) is 4.79 Å². The zero-order valence-corrected chi connectivity index (χ0v) is 21.6. The van der Waals surface area contributed by atoms with E-state index in [9.17, 15) is 14.0 Å². The molecule has 1 saturated carbocycles. The molecule has 0 unspecified atom stereocenters. The summed E-state index contributed by atoms with van der Waals surface area (Å²) in [5, 5.41) is 8.11. The van der Waals surface area contributed by atoms with Gasteiger partial charge >= 0.3 is 0 Å². The molecule has 2 heterocycles. The summed E-state index contributed by atoms with van der Waals surface area (Å²) >= 11 is 0. The van der Waals surface area contributed by atoms with E-state index in [4.69, 9.17) is 5.41 Å². The van der Waals surface area contributed by atoms with E-state index in [1.807, 2.05) is 18.7 Å². The quantitative estimate of drug-likeness (QED) is 0.406. The fourth-order valence-electron chi connectivity index (χ4n) is 4.24. The first-order valence-corrected chi connectivity index (χ1v) is 12.8. The molecule has 2 N–H and O–H groups in total. The van der Waals surface area contributed by atoms with E-state index in [0.717, 1.165) is 50.5 Å². The Morgan fingerprint density at radius 2 is 1.86 bits per heavy atom. The summed E-state index contributed by atoms with van der Waals surface area (Å²) in [6, 6.07) is 5.77. The number of carbonyl (C=O) groups excluding carboxylic acids is 2. The predicted molar refractivity (Wildman–Crippen MR) is 141 cm³/mol. The van der Waals surface area contributed by atoms with Crippen molar-refractivity contribution in [2.75, 3.05) is 33.2 Å². The Hall–Kier alpha value is -3.13. The number of nitrogens with zero attached hydrogens (tertiary/aromatic N) is 3. The number of benzene rings is 1. The number of hydrogen-bond acceptors (Lipinski definition) is 5. The lowest BCUT2D eigenvalue weighted by molar-refractivity contribution is -0.133. The van der Waals surface area contributed by atoms with Crippen LogP contribution in [0.3, 0.4) is 0 Å². The minimum Gasteiger partial charge on any atom is -0.340 e. The van der Waals surface area contributed by atoms with Crippen LogP contribution in [0.5, 0.6) is 0 Å². The molecule has 0 atom stereocenters. The number of aromatic nitrogens is 2. The molecular formula is C28H38FN5O2. The Kier molecular flexibility index (Phi) is 10.1. The molecule has 0 spiro atoms. The number of H-pyrrole nitrogens is 1. The summed E-state index contributed by atoms with van der Waals surface area (Å²) < 4.78 is 12.9. The Labute approximate surface area is 213 Å². The van der Waals surface area contributed by atoms with Gasteiger partial charge < -0.3 is 20.2 Å². The van der Waals surface area contributed by atoms with Crippen LogP contribution in [0.2, 0.25) is 0 Å². The molecule has 8 heteroatoms. The van der Waals surface area contributed by atoms with Crippen molar-refractivity contribution in [3.05, 3.63) is 59.4 Å². The fraction of sp³-hybridized carbons (Fsp3) is 0.500. The molecule has 1 aliphatic heterocycles. The van der Waals surface area contributed by atoms with Crippen LogP contribution in [0, 0.1) is 23.1 Å². The van der Waals surface area contributed by atoms with Gasteiger partial charge in [-0.25, -0.2) is 9.37 Å². The predicted octanol–water partition coefficient (Wildman–Crippen LogP) is 4.81. The van der Waals surface area contributed by atoms with Gasteiger partial charge in [-0.15, -0.1) is 0 Å². The van der Waals surface area contributed by atoms with Crippen LogP contribution < -0.4 is 0 Å². The van der Waals surface area contributed by atoms with Crippen molar-refractivity contribution in [2.45, 2.75) is 46.0 Å². The second kappa shape index (κ2) is 13.3. The lowest BCUT2D eigenvalue weighted by atomic mass is 9.82. The van der Waals surface area contributed by atoms with E-state index in [1.54, 1.807) is 18.2 Å². The topological polar surface area (TPSA) is 93.1 Å². The summed E-state index contributed by atoms with van der Waals surface area (Å²) in [7, 11) is 2.12. The molecule has 1 aromatic carbocycles. The van der Waals surface area contributed by atoms with E-state index in [1.165, 1.54) is 37.6 Å². The van der Waals surface area contributed by atoms with Crippen LogP contribution in [0.25, 0.3) is 5.57 Å². The minimum absolute atomic E-state index is 0.122. The Bertz CT molecular complexity index is 1050. The number of piperazine rings is 1. The second-order valence-electron chi connectivity index (χ2n) is 10.00. The van der Waals surface area contributed by atoms with Crippen LogP contribution in [0.4, 0.5) is 4.39 Å². The first-order valence-electron chi connectivity index (χ1n) is 12.8. The molecule has 4 rings (SSSR count). The molecule has 36 heavy (non-hydrogen) atoms. The zero-order chi connectivity index (χ0) is 26.1. The maximum Gasteiger partial charge on any atom is 0.222 e. The van der Waals surface area contributed by atoms with Gasteiger partial charge in [-0.2, -0.15) is 0 Å². The van der Waals surface area contributed by atoms with Gasteiger partial charge in [-0.05, 0) is 66.8 Å². The molecule has 1 saturated heterocycles. The van der Waals surface area contributed by atoms with Gasteiger partial charge in [0.2, 0.25) is 5.91 Å². The maximum atomic E-state index is 12.9. The van der Waals surface area contributed by atoms with Gasteiger partial charge in [0.15, 0.2) is 6.29 Å². The number of halogens is 1. The summed E-state index contributed by atoms with van der Waals surface area (Å²) in [6.45, 7) is 7.89. The molecule has 1 aliphatic carbocycles. The van der Waals surface area contributed by atoms with Gasteiger partial charge in [-0.1, -0.05) is 33.1 Å². The maximum absolute atomic E-state index is 12.9. The third kappa shape index (κ3) is 7.95. The average molecular weight is 496 g/mol. The summed E-state index contributed by atoms with van der Waals surface area (Å²) in [4.78, 5) is 34.0. The monoisotopic (exact) mass is 495 g/mol. The van der Waals surface area contributed by atoms with Gasteiger partial charge in [0.05, 0.1) is 17.6 Å². The highest BCUT2D eigenvalue weighted by atomic mass is 19.1. The lowest BCUT2D eigenvalue weighted by Crippen LogP contribution is -2.47. The standard InChI is InChI=1S/C16H16FN3O.C12H22N2O/c1-10(2)14(16-19-8-13(9-21)20-16)7-15(18)11-3-5-12(17)6-4-11;1-13-7-9-14(10-8-13)12(15)6-5-11-3-2-4-11/h3-10,18H,1-2H3,(H,19,20);11H,2-10H2,1H3/b14-7-,18-15?;. The fourth-order valence-corrected chi connectivity index (χ4v) is 4.24. The van der Waals surface area contributed by atoms with Crippen molar-refractivity contribution in [2.24, 2.45) is 11.8 Å². The van der Waals surface area contributed by atoms with Crippen LogP contribution >= 0.6 is 0 Å². The van der Waals surface area contributed by atoms with Crippen molar-refractivity contribution in [1.82, 2.24) is 19.8 Å². The molecule has 2 fully saturated rings. The summed E-state index contributed by atoms with van der Waals surface area (Å²) in [5.41, 5.74) is 2.10. The smallest absolute Gasteiger partial charge is 0.222 e. The van der Waals surface area contributed by atoms with Gasteiger partial charge in [0, 0.05) is 32.6 Å². The number of carbonyl (C=O) groups is 2. The average Bonchev–Trinajstić information content (AvgIpc) is 3.31.